The minimum atomic E-state index is -3.60. The van der Waals surface area contributed by atoms with Gasteiger partial charge in [-0.05, 0) is 51.0 Å². The molecule has 5 nitrogen and oxygen atoms in total. The first-order valence-corrected chi connectivity index (χ1v) is 10.8. The fourth-order valence-corrected chi connectivity index (χ4v) is 4.60. The number of sulfonamides is 1. The van der Waals surface area contributed by atoms with Gasteiger partial charge >= 0.3 is 0 Å². The van der Waals surface area contributed by atoms with Crippen molar-refractivity contribution in [3.8, 4) is 11.5 Å². The van der Waals surface area contributed by atoms with Crippen LogP contribution in [0.15, 0.2) is 53.4 Å². The molecule has 0 amide bonds. The normalized spacial score (nSPS) is 16.2. The van der Waals surface area contributed by atoms with Crippen LogP contribution in [0, 0.1) is 6.92 Å². The molecule has 0 bridgehead atoms. The van der Waals surface area contributed by atoms with Gasteiger partial charge in [-0.25, -0.2) is 8.42 Å². The number of hydrogen-bond acceptors (Lipinski definition) is 4. The second-order valence-electron chi connectivity index (χ2n) is 7.19. The van der Waals surface area contributed by atoms with Crippen molar-refractivity contribution in [1.29, 1.82) is 0 Å². The molecule has 2 aromatic rings. The molecule has 0 atom stereocenters. The van der Waals surface area contributed by atoms with E-state index in [2.05, 4.69) is 0 Å². The molecule has 1 heterocycles. The number of benzene rings is 2. The lowest BCUT2D eigenvalue weighted by Gasteiger charge is -2.26. The Morgan fingerprint density at radius 2 is 1.75 bits per heavy atom. The predicted molar refractivity (Wildman–Crippen MR) is 110 cm³/mol. The van der Waals surface area contributed by atoms with E-state index in [1.807, 2.05) is 57.2 Å². The average molecular weight is 402 g/mol. The van der Waals surface area contributed by atoms with Gasteiger partial charge in [0.2, 0.25) is 10.0 Å². The number of fused-ring (bicyclic) bond motifs is 1. The highest BCUT2D eigenvalue weighted by molar-refractivity contribution is 7.89. The van der Waals surface area contributed by atoms with Crippen LogP contribution in [-0.4, -0.2) is 32.5 Å². The molecular weight excluding hydrogens is 374 g/mol. The van der Waals surface area contributed by atoms with Crippen molar-refractivity contribution in [3.05, 3.63) is 65.2 Å². The van der Waals surface area contributed by atoms with E-state index in [1.165, 1.54) is 4.31 Å². The Hall–Kier alpha value is -2.31. The van der Waals surface area contributed by atoms with Crippen molar-refractivity contribution in [3.63, 3.8) is 0 Å². The van der Waals surface area contributed by atoms with Crippen LogP contribution in [0.4, 0.5) is 0 Å². The molecule has 0 aliphatic carbocycles. The summed E-state index contributed by atoms with van der Waals surface area (Å²) in [6.07, 6.45) is 4.55. The van der Waals surface area contributed by atoms with Gasteiger partial charge in [-0.3, -0.25) is 0 Å². The fourth-order valence-electron chi connectivity index (χ4n) is 3.23. The molecule has 150 valence electrons. The maximum Gasteiger partial charge on any atom is 0.243 e. The SMILES string of the molecule is COc1ccc2c(c1OC(C)C)C/C=C\CN(S(=O)(=O)c1ccc(C)cc1)C2. The lowest BCUT2D eigenvalue weighted by atomic mass is 10.0. The first kappa shape index (κ1) is 20.4. The van der Waals surface area contributed by atoms with E-state index in [4.69, 9.17) is 9.47 Å². The van der Waals surface area contributed by atoms with E-state index in [0.717, 1.165) is 16.7 Å². The molecule has 0 aromatic heterocycles. The highest BCUT2D eigenvalue weighted by Crippen LogP contribution is 2.37. The smallest absolute Gasteiger partial charge is 0.243 e. The Balaban J connectivity index is 2.03. The zero-order chi connectivity index (χ0) is 20.3. The zero-order valence-electron chi connectivity index (χ0n) is 16.8. The summed E-state index contributed by atoms with van der Waals surface area (Å²) >= 11 is 0. The Morgan fingerprint density at radius 3 is 2.39 bits per heavy atom. The van der Waals surface area contributed by atoms with Gasteiger partial charge in [0.05, 0.1) is 18.1 Å². The van der Waals surface area contributed by atoms with Gasteiger partial charge < -0.3 is 9.47 Å². The van der Waals surface area contributed by atoms with E-state index in [0.29, 0.717) is 29.4 Å². The van der Waals surface area contributed by atoms with Gasteiger partial charge in [-0.15, -0.1) is 0 Å². The van der Waals surface area contributed by atoms with Gasteiger partial charge in [-0.1, -0.05) is 35.9 Å². The molecule has 0 fully saturated rings. The third-order valence-electron chi connectivity index (χ3n) is 4.70. The molecule has 2 aromatic carbocycles. The molecule has 0 saturated carbocycles. The summed E-state index contributed by atoms with van der Waals surface area (Å²) in [5.41, 5.74) is 2.92. The second-order valence-corrected chi connectivity index (χ2v) is 9.13. The fraction of sp³-hybridized carbons (Fsp3) is 0.364. The minimum absolute atomic E-state index is 0.0118. The predicted octanol–water partition coefficient (Wildman–Crippen LogP) is 4.09. The molecule has 0 spiro atoms. The van der Waals surface area contributed by atoms with Gasteiger partial charge in [-0.2, -0.15) is 4.31 Å². The molecule has 1 aliphatic heterocycles. The summed E-state index contributed by atoms with van der Waals surface area (Å²) in [7, 11) is -1.99. The number of allylic oxidation sites excluding steroid dienone is 1. The Labute approximate surface area is 167 Å². The summed E-state index contributed by atoms with van der Waals surface area (Å²) in [5, 5.41) is 0. The maximum absolute atomic E-state index is 13.2. The van der Waals surface area contributed by atoms with Gasteiger partial charge in [0.25, 0.3) is 0 Å². The number of aryl methyl sites for hydroxylation is 1. The summed E-state index contributed by atoms with van der Waals surface area (Å²) in [6, 6.07) is 10.7. The summed E-state index contributed by atoms with van der Waals surface area (Å²) in [5.74, 6) is 1.35. The van der Waals surface area contributed by atoms with E-state index in [-0.39, 0.29) is 12.6 Å². The van der Waals surface area contributed by atoms with Crippen molar-refractivity contribution in [1.82, 2.24) is 4.31 Å². The van der Waals surface area contributed by atoms with E-state index < -0.39 is 10.0 Å². The highest BCUT2D eigenvalue weighted by Gasteiger charge is 2.27. The molecule has 0 N–H and O–H groups in total. The molecule has 6 heteroatoms. The first-order valence-electron chi connectivity index (χ1n) is 9.40. The van der Waals surface area contributed by atoms with Gasteiger partial charge in [0.15, 0.2) is 11.5 Å². The molecule has 0 radical (unpaired) electrons. The van der Waals surface area contributed by atoms with Crippen LogP contribution in [0.5, 0.6) is 11.5 Å². The lowest BCUT2D eigenvalue weighted by Crippen LogP contribution is -2.32. The Kier molecular flexibility index (Phi) is 6.10. The quantitative estimate of drug-likeness (QED) is 0.708. The van der Waals surface area contributed by atoms with Crippen LogP contribution in [-0.2, 0) is 23.0 Å². The second kappa shape index (κ2) is 8.37. The van der Waals surface area contributed by atoms with Crippen LogP contribution in [0.1, 0.15) is 30.5 Å². The monoisotopic (exact) mass is 401 g/mol. The number of methoxy groups -OCH3 is 1. The highest BCUT2D eigenvalue weighted by atomic mass is 32.2. The summed E-state index contributed by atoms with van der Waals surface area (Å²) in [4.78, 5) is 0.306. The lowest BCUT2D eigenvalue weighted by molar-refractivity contribution is 0.227. The molecule has 0 unspecified atom stereocenters. The van der Waals surface area contributed by atoms with Crippen molar-refractivity contribution in [2.24, 2.45) is 0 Å². The average Bonchev–Trinajstić information content (AvgIpc) is 2.62. The van der Waals surface area contributed by atoms with Crippen LogP contribution < -0.4 is 9.47 Å². The van der Waals surface area contributed by atoms with E-state index >= 15 is 0 Å². The Bertz CT molecular complexity index is 963. The molecule has 28 heavy (non-hydrogen) atoms. The van der Waals surface area contributed by atoms with Gasteiger partial charge in [0, 0.05) is 18.7 Å². The largest absolute Gasteiger partial charge is 0.493 e. The van der Waals surface area contributed by atoms with Crippen LogP contribution >= 0.6 is 0 Å². The van der Waals surface area contributed by atoms with Crippen LogP contribution in [0.3, 0.4) is 0 Å². The zero-order valence-corrected chi connectivity index (χ0v) is 17.6. The third kappa shape index (κ3) is 4.23. The molecule has 1 aliphatic rings. The molecule has 3 rings (SSSR count). The third-order valence-corrected chi connectivity index (χ3v) is 6.52. The van der Waals surface area contributed by atoms with Crippen molar-refractivity contribution >= 4 is 10.0 Å². The summed E-state index contributed by atoms with van der Waals surface area (Å²) < 4.78 is 39.4. The van der Waals surface area contributed by atoms with Crippen molar-refractivity contribution < 1.29 is 17.9 Å². The van der Waals surface area contributed by atoms with Crippen LogP contribution in [0.25, 0.3) is 0 Å². The number of hydrogen-bond donors (Lipinski definition) is 0. The van der Waals surface area contributed by atoms with Gasteiger partial charge in [0.1, 0.15) is 0 Å². The maximum atomic E-state index is 13.2. The standard InChI is InChI=1S/C22H27NO4S/c1-16(2)27-22-20-7-5-6-14-23(15-18(20)10-13-21(22)26-4)28(24,25)19-11-8-17(3)9-12-19/h5-6,8-13,16H,7,14-15H2,1-4H3/b6-5-. The summed E-state index contributed by atoms with van der Waals surface area (Å²) in [6.45, 7) is 6.49. The van der Waals surface area contributed by atoms with E-state index in [9.17, 15) is 8.42 Å². The van der Waals surface area contributed by atoms with E-state index in [1.54, 1.807) is 19.2 Å². The Morgan fingerprint density at radius 1 is 1.04 bits per heavy atom. The molecule has 0 saturated heterocycles. The minimum Gasteiger partial charge on any atom is -0.493 e. The van der Waals surface area contributed by atoms with Crippen LogP contribution in [0.2, 0.25) is 0 Å². The number of nitrogens with zero attached hydrogens (tertiary/aromatic N) is 1. The van der Waals surface area contributed by atoms with Crippen molar-refractivity contribution in [2.45, 2.75) is 44.7 Å². The van der Waals surface area contributed by atoms with Crippen molar-refractivity contribution in [2.75, 3.05) is 13.7 Å². The number of ether oxygens (including phenoxy) is 2. The topological polar surface area (TPSA) is 55.8 Å². The first-order chi connectivity index (χ1) is 13.3. The number of rotatable bonds is 5. The molecular formula is C22H27NO4S.